The van der Waals surface area contributed by atoms with Crippen LogP contribution in [0, 0.1) is 0 Å². The molecule has 40 heavy (non-hydrogen) atoms. The van der Waals surface area contributed by atoms with Crippen molar-refractivity contribution in [3.8, 4) is 11.3 Å². The van der Waals surface area contributed by atoms with E-state index in [4.69, 9.17) is 9.72 Å². The molecule has 208 valence electrons. The highest BCUT2D eigenvalue weighted by molar-refractivity contribution is 5.98. The van der Waals surface area contributed by atoms with Gasteiger partial charge in [-0.05, 0) is 35.6 Å². The Morgan fingerprint density at radius 2 is 1.88 bits per heavy atom. The SMILES string of the molecule is COC[C@]1(O)CCCC[C@H]1n1cnc(C(=O)N2CCNC[C@H]2Cc2ccc3ccccc3c2)c1-c1ccccc1. The van der Waals surface area contributed by atoms with Gasteiger partial charge in [-0.3, -0.25) is 4.79 Å². The van der Waals surface area contributed by atoms with Crippen molar-refractivity contribution in [1.82, 2.24) is 19.8 Å². The van der Waals surface area contributed by atoms with E-state index in [1.165, 1.54) is 16.3 Å². The van der Waals surface area contributed by atoms with Gasteiger partial charge >= 0.3 is 0 Å². The summed E-state index contributed by atoms with van der Waals surface area (Å²) in [7, 11) is 1.63. The fourth-order valence-electron chi connectivity index (χ4n) is 6.64. The number of imidazole rings is 1. The second-order valence-electron chi connectivity index (χ2n) is 11.3. The molecule has 1 aliphatic carbocycles. The van der Waals surface area contributed by atoms with Crippen LogP contribution >= 0.6 is 0 Å². The lowest BCUT2D eigenvalue weighted by atomic mass is 9.80. The van der Waals surface area contributed by atoms with Gasteiger partial charge in [0.1, 0.15) is 5.60 Å². The van der Waals surface area contributed by atoms with Crippen LogP contribution in [0.25, 0.3) is 22.0 Å². The molecule has 0 bridgehead atoms. The quantitative estimate of drug-likeness (QED) is 0.352. The number of fused-ring (bicyclic) bond motifs is 1. The molecule has 6 rings (SSSR count). The third-order valence-electron chi connectivity index (χ3n) is 8.63. The minimum Gasteiger partial charge on any atom is -0.385 e. The molecule has 3 atom stereocenters. The van der Waals surface area contributed by atoms with Gasteiger partial charge in [0.05, 0.1) is 24.7 Å². The average molecular weight is 539 g/mol. The first-order chi connectivity index (χ1) is 19.6. The summed E-state index contributed by atoms with van der Waals surface area (Å²) in [5.41, 5.74) is 2.35. The summed E-state index contributed by atoms with van der Waals surface area (Å²) in [6, 6.07) is 24.7. The molecule has 1 aliphatic heterocycles. The number of aliphatic hydroxyl groups is 1. The number of piperazine rings is 1. The first-order valence-corrected chi connectivity index (χ1v) is 14.4. The van der Waals surface area contributed by atoms with E-state index in [0.29, 0.717) is 18.7 Å². The van der Waals surface area contributed by atoms with Crippen LogP contribution in [-0.4, -0.2) is 70.5 Å². The van der Waals surface area contributed by atoms with Crippen LogP contribution in [0.3, 0.4) is 0 Å². The van der Waals surface area contributed by atoms with Crippen LogP contribution in [0.15, 0.2) is 79.1 Å². The lowest BCUT2D eigenvalue weighted by Gasteiger charge is -2.41. The normalized spacial score (nSPS) is 23.4. The third kappa shape index (κ3) is 5.17. The molecule has 1 amide bonds. The summed E-state index contributed by atoms with van der Waals surface area (Å²) in [6.07, 6.45) is 5.95. The van der Waals surface area contributed by atoms with Gasteiger partial charge in [-0.15, -0.1) is 0 Å². The lowest BCUT2D eigenvalue weighted by Crippen LogP contribution is -2.54. The van der Waals surface area contributed by atoms with Gasteiger partial charge in [0.2, 0.25) is 0 Å². The van der Waals surface area contributed by atoms with Crippen LogP contribution in [0.5, 0.6) is 0 Å². The van der Waals surface area contributed by atoms with Crippen LogP contribution in [-0.2, 0) is 11.2 Å². The van der Waals surface area contributed by atoms with Gasteiger partial charge in [0.15, 0.2) is 5.69 Å². The van der Waals surface area contributed by atoms with Crippen molar-refractivity contribution in [2.24, 2.45) is 0 Å². The number of nitrogens with one attached hydrogen (secondary N) is 1. The molecule has 7 nitrogen and oxygen atoms in total. The fourth-order valence-corrected chi connectivity index (χ4v) is 6.64. The Labute approximate surface area is 235 Å². The molecule has 2 aliphatic rings. The van der Waals surface area contributed by atoms with Gasteiger partial charge < -0.3 is 24.6 Å². The standard InChI is InChI=1S/C33H38N4O3/c1-40-22-33(39)16-8-7-13-29(33)37-23-35-30(31(37)26-10-3-2-4-11-26)32(38)36-18-17-34-21-28(36)20-24-14-15-25-9-5-6-12-27(25)19-24/h2-6,9-12,14-15,19,23,28-29,34,39H,7-8,13,16-18,20-22H2,1H3/t28-,29-,33-/m1/s1. The maximum Gasteiger partial charge on any atom is 0.275 e. The molecule has 4 aromatic rings. The molecular formula is C33H38N4O3. The highest BCUT2D eigenvalue weighted by atomic mass is 16.5. The van der Waals surface area contributed by atoms with E-state index >= 15 is 0 Å². The Balaban J connectivity index is 1.35. The van der Waals surface area contributed by atoms with E-state index < -0.39 is 5.60 Å². The molecule has 0 unspecified atom stereocenters. The minimum absolute atomic E-state index is 0.0105. The van der Waals surface area contributed by atoms with Crippen molar-refractivity contribution in [2.75, 3.05) is 33.4 Å². The number of hydrogen-bond donors (Lipinski definition) is 2. The summed E-state index contributed by atoms with van der Waals surface area (Å²) in [4.78, 5) is 21.1. The first kappa shape index (κ1) is 26.7. The number of benzene rings is 3. The Morgan fingerprint density at radius 3 is 2.70 bits per heavy atom. The number of amides is 1. The van der Waals surface area contributed by atoms with E-state index in [2.05, 4.69) is 47.8 Å². The number of carbonyl (C=O) groups excluding carboxylic acids is 1. The number of ether oxygens (including phenoxy) is 1. The predicted octanol–water partition coefficient (Wildman–Crippen LogP) is 4.85. The number of aromatic nitrogens is 2. The first-order valence-electron chi connectivity index (χ1n) is 14.4. The number of hydrogen-bond acceptors (Lipinski definition) is 5. The number of methoxy groups -OCH3 is 1. The van der Waals surface area contributed by atoms with Gasteiger partial charge in [-0.1, -0.05) is 85.6 Å². The van der Waals surface area contributed by atoms with Crippen molar-refractivity contribution >= 4 is 16.7 Å². The molecule has 2 fully saturated rings. The van der Waals surface area contributed by atoms with Crippen molar-refractivity contribution in [2.45, 2.75) is 49.8 Å². The summed E-state index contributed by atoms with van der Waals surface area (Å²) >= 11 is 0. The highest BCUT2D eigenvalue weighted by Gasteiger charge is 2.42. The lowest BCUT2D eigenvalue weighted by molar-refractivity contribution is -0.0893. The molecular weight excluding hydrogens is 500 g/mol. The van der Waals surface area contributed by atoms with E-state index in [1.54, 1.807) is 13.4 Å². The largest absolute Gasteiger partial charge is 0.385 e. The second-order valence-corrected chi connectivity index (χ2v) is 11.3. The Bertz CT molecular complexity index is 1470. The Morgan fingerprint density at radius 1 is 1.07 bits per heavy atom. The molecule has 0 radical (unpaired) electrons. The molecule has 1 aromatic heterocycles. The van der Waals surface area contributed by atoms with Crippen molar-refractivity contribution < 1.29 is 14.6 Å². The number of carbonyl (C=O) groups is 1. The zero-order valence-corrected chi connectivity index (χ0v) is 23.1. The maximum absolute atomic E-state index is 14.3. The van der Waals surface area contributed by atoms with Crippen LogP contribution < -0.4 is 5.32 Å². The molecule has 2 heterocycles. The van der Waals surface area contributed by atoms with Crippen LogP contribution in [0.2, 0.25) is 0 Å². The van der Waals surface area contributed by atoms with Crippen molar-refractivity contribution in [1.29, 1.82) is 0 Å². The Hall–Kier alpha value is -3.52. The van der Waals surface area contributed by atoms with Crippen molar-refractivity contribution in [3.05, 3.63) is 90.4 Å². The smallest absolute Gasteiger partial charge is 0.275 e. The molecule has 7 heteroatoms. The summed E-state index contributed by atoms with van der Waals surface area (Å²) in [6.45, 7) is 2.35. The van der Waals surface area contributed by atoms with Gasteiger partial charge in [0.25, 0.3) is 5.91 Å². The molecule has 1 saturated heterocycles. The molecule has 2 N–H and O–H groups in total. The monoisotopic (exact) mass is 538 g/mol. The van der Waals surface area contributed by atoms with E-state index in [9.17, 15) is 9.90 Å². The Kier molecular flexibility index (Phi) is 7.69. The van der Waals surface area contributed by atoms with Crippen LogP contribution in [0.1, 0.15) is 47.8 Å². The predicted molar refractivity (Wildman–Crippen MR) is 157 cm³/mol. The third-order valence-corrected chi connectivity index (χ3v) is 8.63. The number of rotatable bonds is 7. The van der Waals surface area contributed by atoms with E-state index in [-0.39, 0.29) is 24.6 Å². The summed E-state index contributed by atoms with van der Waals surface area (Å²) in [5, 5.41) is 17.6. The molecule has 3 aromatic carbocycles. The van der Waals surface area contributed by atoms with Crippen LogP contribution in [0.4, 0.5) is 0 Å². The van der Waals surface area contributed by atoms with E-state index in [1.807, 2.05) is 39.8 Å². The maximum atomic E-state index is 14.3. The zero-order chi connectivity index (χ0) is 27.5. The van der Waals surface area contributed by atoms with Gasteiger partial charge in [0, 0.05) is 38.3 Å². The highest BCUT2D eigenvalue weighted by Crippen LogP contribution is 2.41. The second kappa shape index (κ2) is 11.5. The average Bonchev–Trinajstić information content (AvgIpc) is 3.42. The minimum atomic E-state index is -1.01. The topological polar surface area (TPSA) is 79.6 Å². The fraction of sp³-hybridized carbons (Fsp3) is 0.394. The summed E-state index contributed by atoms with van der Waals surface area (Å²) < 4.78 is 7.51. The molecule has 1 saturated carbocycles. The molecule has 0 spiro atoms. The van der Waals surface area contributed by atoms with Gasteiger partial charge in [-0.25, -0.2) is 4.98 Å². The van der Waals surface area contributed by atoms with Crippen molar-refractivity contribution in [3.63, 3.8) is 0 Å². The zero-order valence-electron chi connectivity index (χ0n) is 23.1. The van der Waals surface area contributed by atoms with Gasteiger partial charge in [-0.2, -0.15) is 0 Å². The summed E-state index contributed by atoms with van der Waals surface area (Å²) in [5.74, 6) is -0.0593. The van der Waals surface area contributed by atoms with E-state index in [0.717, 1.165) is 50.0 Å². The number of nitrogens with zero attached hydrogens (tertiary/aromatic N) is 3.